The van der Waals surface area contributed by atoms with Crippen LogP contribution < -0.4 is 16.1 Å². The fourth-order valence-electron chi connectivity index (χ4n) is 1.37. The first kappa shape index (κ1) is 11.0. The van der Waals surface area contributed by atoms with Crippen LogP contribution in [0, 0.1) is 0 Å². The largest absolute Gasteiger partial charge is 0.507 e. The lowest BCUT2D eigenvalue weighted by atomic mass is 10.2. The van der Waals surface area contributed by atoms with Crippen LogP contribution in [0.4, 0.5) is 0 Å². The highest BCUT2D eigenvalue weighted by molar-refractivity contribution is 5.84. The van der Waals surface area contributed by atoms with E-state index in [1.54, 1.807) is 0 Å². The maximum absolute atomic E-state index is 11.0. The van der Waals surface area contributed by atoms with Gasteiger partial charge in [0.25, 0.3) is 5.91 Å². The molecule has 1 aromatic carbocycles. The van der Waals surface area contributed by atoms with Gasteiger partial charge in [-0.2, -0.15) is 0 Å². The number of benzene rings is 1. The van der Waals surface area contributed by atoms with Crippen LogP contribution >= 0.6 is 0 Å². The Bertz CT molecular complexity index is 631. The highest BCUT2D eigenvalue weighted by atomic mass is 16.5. The Morgan fingerprint density at radius 1 is 1.41 bits per heavy atom. The van der Waals surface area contributed by atoms with E-state index in [9.17, 15) is 14.7 Å². The van der Waals surface area contributed by atoms with E-state index >= 15 is 0 Å². The number of primary amides is 1. The zero-order valence-corrected chi connectivity index (χ0v) is 8.67. The lowest BCUT2D eigenvalue weighted by molar-refractivity contribution is -0.119. The summed E-state index contributed by atoms with van der Waals surface area (Å²) < 4.78 is 9.92. The van der Waals surface area contributed by atoms with E-state index in [-0.39, 0.29) is 17.9 Å². The molecule has 0 aliphatic rings. The van der Waals surface area contributed by atoms with Crippen LogP contribution in [-0.2, 0) is 4.79 Å². The third-order valence-electron chi connectivity index (χ3n) is 2.07. The summed E-state index contributed by atoms with van der Waals surface area (Å²) in [6.07, 6.45) is 0. The number of fused-ring (bicyclic) bond motifs is 1. The zero-order valence-electron chi connectivity index (χ0n) is 8.67. The molecule has 0 aliphatic carbocycles. The summed E-state index contributed by atoms with van der Waals surface area (Å²) in [5.74, 6) is -0.463. The minimum absolute atomic E-state index is 0.208. The third kappa shape index (κ3) is 2.36. The molecule has 0 aliphatic heterocycles. The number of amides is 1. The Morgan fingerprint density at radius 2 is 2.18 bits per heavy atom. The number of carbonyl (C=O) groups excluding carboxylic acids is 1. The minimum Gasteiger partial charge on any atom is -0.507 e. The van der Waals surface area contributed by atoms with Crippen LogP contribution in [0.2, 0.25) is 0 Å². The molecule has 0 saturated carbocycles. The highest BCUT2D eigenvalue weighted by Gasteiger charge is 2.06. The standard InChI is InChI=1S/C11H9NO5/c12-10(14)5-16-6-1-2-9-7(3-6)8(13)4-11(15)17-9/h1-4,13H,5H2,(H2,12,14). The Kier molecular flexibility index (Phi) is 2.70. The molecular formula is C11H9NO5. The number of nitrogens with two attached hydrogens (primary N) is 1. The lowest BCUT2D eigenvalue weighted by Crippen LogP contribution is -2.19. The molecule has 17 heavy (non-hydrogen) atoms. The SMILES string of the molecule is NC(=O)COc1ccc2oc(=O)cc(O)c2c1. The van der Waals surface area contributed by atoms with Crippen LogP contribution in [0.5, 0.6) is 11.5 Å². The number of rotatable bonds is 3. The van der Waals surface area contributed by atoms with Gasteiger partial charge in [-0.05, 0) is 18.2 Å². The van der Waals surface area contributed by atoms with Gasteiger partial charge in [0, 0.05) is 0 Å². The summed E-state index contributed by atoms with van der Waals surface area (Å²) in [6, 6.07) is 5.39. The number of ether oxygens (including phenoxy) is 1. The van der Waals surface area contributed by atoms with Crippen LogP contribution in [0.1, 0.15) is 0 Å². The van der Waals surface area contributed by atoms with E-state index in [2.05, 4.69) is 0 Å². The summed E-state index contributed by atoms with van der Waals surface area (Å²) in [7, 11) is 0. The molecule has 1 heterocycles. The monoisotopic (exact) mass is 235 g/mol. The molecule has 0 saturated heterocycles. The Hall–Kier alpha value is -2.50. The van der Waals surface area contributed by atoms with Crippen molar-refractivity contribution < 1.29 is 19.1 Å². The van der Waals surface area contributed by atoms with Crippen molar-refractivity contribution in [1.29, 1.82) is 0 Å². The molecule has 0 fully saturated rings. The van der Waals surface area contributed by atoms with Crippen molar-refractivity contribution in [2.75, 3.05) is 6.61 Å². The quantitative estimate of drug-likeness (QED) is 0.748. The van der Waals surface area contributed by atoms with Crippen molar-refractivity contribution >= 4 is 16.9 Å². The molecule has 2 rings (SSSR count). The predicted molar refractivity (Wildman–Crippen MR) is 58.8 cm³/mol. The van der Waals surface area contributed by atoms with Gasteiger partial charge in [0.1, 0.15) is 17.1 Å². The Morgan fingerprint density at radius 3 is 2.88 bits per heavy atom. The van der Waals surface area contributed by atoms with Crippen molar-refractivity contribution in [2.45, 2.75) is 0 Å². The molecule has 3 N–H and O–H groups in total. The fourth-order valence-corrected chi connectivity index (χ4v) is 1.37. The van der Waals surface area contributed by atoms with E-state index < -0.39 is 11.5 Å². The molecular weight excluding hydrogens is 226 g/mol. The minimum atomic E-state index is -0.638. The van der Waals surface area contributed by atoms with Crippen LogP contribution in [0.3, 0.4) is 0 Å². The van der Waals surface area contributed by atoms with E-state index in [4.69, 9.17) is 14.9 Å². The van der Waals surface area contributed by atoms with Crippen LogP contribution in [-0.4, -0.2) is 17.6 Å². The van der Waals surface area contributed by atoms with Gasteiger partial charge in [0.05, 0.1) is 11.5 Å². The van der Waals surface area contributed by atoms with Gasteiger partial charge in [-0.15, -0.1) is 0 Å². The molecule has 0 unspecified atom stereocenters. The summed E-state index contributed by atoms with van der Waals surface area (Å²) in [5.41, 5.74) is 4.53. The van der Waals surface area contributed by atoms with Crippen molar-refractivity contribution in [2.24, 2.45) is 5.73 Å². The molecule has 6 nitrogen and oxygen atoms in total. The fraction of sp³-hybridized carbons (Fsp3) is 0.0909. The summed E-state index contributed by atoms with van der Waals surface area (Å²) in [4.78, 5) is 21.5. The van der Waals surface area contributed by atoms with Gasteiger partial charge >= 0.3 is 5.63 Å². The average molecular weight is 235 g/mol. The second-order valence-corrected chi connectivity index (χ2v) is 3.36. The molecule has 1 amide bonds. The molecule has 1 aromatic heterocycles. The van der Waals surface area contributed by atoms with Gasteiger partial charge in [-0.25, -0.2) is 4.79 Å². The van der Waals surface area contributed by atoms with E-state index in [1.807, 2.05) is 0 Å². The Balaban J connectivity index is 2.43. The van der Waals surface area contributed by atoms with Gasteiger partial charge in [0.2, 0.25) is 0 Å². The van der Waals surface area contributed by atoms with E-state index in [0.29, 0.717) is 11.1 Å². The Labute approximate surface area is 95.2 Å². The predicted octanol–water partition coefficient (Wildman–Crippen LogP) is 0.363. The number of hydrogen-bond donors (Lipinski definition) is 2. The van der Waals surface area contributed by atoms with E-state index in [1.165, 1.54) is 18.2 Å². The summed E-state index contributed by atoms with van der Waals surface area (Å²) in [6.45, 7) is -0.261. The highest BCUT2D eigenvalue weighted by Crippen LogP contribution is 2.26. The summed E-state index contributed by atoms with van der Waals surface area (Å²) in [5, 5.41) is 9.87. The first-order valence-electron chi connectivity index (χ1n) is 4.74. The maximum Gasteiger partial charge on any atom is 0.339 e. The maximum atomic E-state index is 11.0. The van der Waals surface area contributed by atoms with Gasteiger partial charge < -0.3 is 20.0 Å². The molecule has 6 heteroatoms. The van der Waals surface area contributed by atoms with Crippen molar-refractivity contribution in [3.05, 3.63) is 34.7 Å². The third-order valence-corrected chi connectivity index (χ3v) is 2.07. The van der Waals surface area contributed by atoms with Crippen molar-refractivity contribution in [3.63, 3.8) is 0 Å². The molecule has 0 spiro atoms. The van der Waals surface area contributed by atoms with E-state index in [0.717, 1.165) is 6.07 Å². The normalized spacial score (nSPS) is 10.4. The summed E-state index contributed by atoms with van der Waals surface area (Å²) >= 11 is 0. The molecule has 2 aromatic rings. The number of carbonyl (C=O) groups is 1. The molecule has 0 bridgehead atoms. The molecule has 0 radical (unpaired) electrons. The molecule has 88 valence electrons. The lowest BCUT2D eigenvalue weighted by Gasteiger charge is -2.05. The van der Waals surface area contributed by atoms with Gasteiger partial charge in [-0.1, -0.05) is 0 Å². The second-order valence-electron chi connectivity index (χ2n) is 3.36. The second kappa shape index (κ2) is 4.17. The first-order chi connectivity index (χ1) is 8.06. The van der Waals surface area contributed by atoms with Crippen molar-refractivity contribution in [3.8, 4) is 11.5 Å². The average Bonchev–Trinajstić information content (AvgIpc) is 2.26. The van der Waals surface area contributed by atoms with Crippen molar-refractivity contribution in [1.82, 2.24) is 0 Å². The number of aromatic hydroxyl groups is 1. The zero-order chi connectivity index (χ0) is 12.4. The first-order valence-corrected chi connectivity index (χ1v) is 4.74. The van der Waals surface area contributed by atoms with Gasteiger partial charge in [-0.3, -0.25) is 4.79 Å². The smallest absolute Gasteiger partial charge is 0.339 e. The topological polar surface area (TPSA) is 103 Å². The number of hydrogen-bond acceptors (Lipinski definition) is 5. The van der Waals surface area contributed by atoms with Crippen LogP contribution in [0.15, 0.2) is 33.5 Å². The molecule has 0 atom stereocenters. The van der Waals surface area contributed by atoms with Gasteiger partial charge in [0.15, 0.2) is 6.61 Å². The van der Waals surface area contributed by atoms with Crippen LogP contribution in [0.25, 0.3) is 11.0 Å².